The molecule has 4 rings (SSSR count). The van der Waals surface area contributed by atoms with Crippen molar-refractivity contribution in [3.05, 3.63) is 34.9 Å². The topological polar surface area (TPSA) is 88.1 Å². The van der Waals surface area contributed by atoms with E-state index in [0.29, 0.717) is 24.6 Å². The van der Waals surface area contributed by atoms with Crippen molar-refractivity contribution in [3.63, 3.8) is 0 Å². The Hall–Kier alpha value is -1.67. The molecule has 2 saturated heterocycles. The Morgan fingerprint density at radius 2 is 1.97 bits per heavy atom. The lowest BCUT2D eigenvalue weighted by Crippen LogP contribution is -2.57. The number of rotatable bonds is 5. The van der Waals surface area contributed by atoms with E-state index < -0.39 is 6.10 Å². The molecule has 7 nitrogen and oxygen atoms in total. The molecule has 2 heterocycles. The normalized spacial score (nSPS) is 29.5. The van der Waals surface area contributed by atoms with Crippen LogP contribution in [0.5, 0.6) is 0 Å². The first-order chi connectivity index (χ1) is 14.5. The first-order valence-electron chi connectivity index (χ1n) is 10.7. The standard InChI is InChI=1S/C22H29ClN2O5/c23-18-4-2-1-3-15(18)10-24-21(27)9-17-7-8-19-20(30-17)13-29-12-16(26)11-25(19)22(28)14-5-6-14/h1-4,14,16-17,19-20,26H,5-13H2,(H,24,27)/t16-,17-,19+,20-/m0/s1. The Balaban J connectivity index is 1.33. The number of aliphatic hydroxyl groups excluding tert-OH is 1. The van der Waals surface area contributed by atoms with E-state index in [1.807, 2.05) is 23.1 Å². The Kier molecular flexibility index (Phi) is 6.93. The summed E-state index contributed by atoms with van der Waals surface area (Å²) in [6.07, 6.45) is 2.35. The van der Waals surface area contributed by atoms with Gasteiger partial charge in [-0.1, -0.05) is 29.8 Å². The van der Waals surface area contributed by atoms with Crippen LogP contribution in [-0.4, -0.2) is 65.9 Å². The van der Waals surface area contributed by atoms with E-state index in [1.54, 1.807) is 6.07 Å². The minimum atomic E-state index is -0.679. The number of benzene rings is 1. The number of halogens is 1. The van der Waals surface area contributed by atoms with Crippen molar-refractivity contribution >= 4 is 23.4 Å². The first kappa shape index (κ1) is 21.6. The van der Waals surface area contributed by atoms with E-state index in [2.05, 4.69) is 5.32 Å². The molecule has 2 N–H and O–H groups in total. The third-order valence-corrected chi connectivity index (χ3v) is 6.41. The van der Waals surface area contributed by atoms with E-state index in [9.17, 15) is 14.7 Å². The number of amides is 2. The number of β-amino-alcohol motifs (C(OH)–C–C–N with tert-alkyl or cyclic N) is 1. The smallest absolute Gasteiger partial charge is 0.226 e. The van der Waals surface area contributed by atoms with E-state index in [0.717, 1.165) is 24.8 Å². The number of hydrogen-bond donors (Lipinski definition) is 2. The predicted molar refractivity (Wildman–Crippen MR) is 111 cm³/mol. The average molecular weight is 437 g/mol. The molecule has 1 aromatic carbocycles. The summed E-state index contributed by atoms with van der Waals surface area (Å²) in [4.78, 5) is 27.0. The summed E-state index contributed by atoms with van der Waals surface area (Å²) in [5.74, 6) is 0.114. The van der Waals surface area contributed by atoms with Gasteiger partial charge in [0.25, 0.3) is 0 Å². The zero-order valence-electron chi connectivity index (χ0n) is 17.0. The number of ether oxygens (including phenoxy) is 2. The number of nitrogens with one attached hydrogen (secondary N) is 1. The minimum Gasteiger partial charge on any atom is -0.389 e. The van der Waals surface area contributed by atoms with Crippen LogP contribution in [0.1, 0.15) is 37.7 Å². The van der Waals surface area contributed by atoms with Crippen LogP contribution < -0.4 is 5.32 Å². The van der Waals surface area contributed by atoms with Crippen LogP contribution in [0.4, 0.5) is 0 Å². The number of nitrogens with zero attached hydrogens (tertiary/aromatic N) is 1. The second-order valence-corrected chi connectivity index (χ2v) is 8.88. The number of carbonyl (C=O) groups excluding carboxylic acids is 2. The maximum atomic E-state index is 12.8. The van der Waals surface area contributed by atoms with Gasteiger partial charge in [-0.2, -0.15) is 0 Å². The molecule has 1 saturated carbocycles. The number of aliphatic hydroxyl groups is 1. The zero-order chi connectivity index (χ0) is 21.1. The van der Waals surface area contributed by atoms with E-state index >= 15 is 0 Å². The molecule has 1 aromatic rings. The van der Waals surface area contributed by atoms with Crippen molar-refractivity contribution in [2.75, 3.05) is 19.8 Å². The van der Waals surface area contributed by atoms with Gasteiger partial charge in [0, 0.05) is 24.0 Å². The van der Waals surface area contributed by atoms with Gasteiger partial charge in [-0.05, 0) is 37.3 Å². The summed E-state index contributed by atoms with van der Waals surface area (Å²) in [6.45, 7) is 1.16. The average Bonchev–Trinajstić information content (AvgIpc) is 3.55. The Labute approximate surface area is 181 Å². The van der Waals surface area contributed by atoms with Gasteiger partial charge in [0.1, 0.15) is 6.10 Å². The lowest BCUT2D eigenvalue weighted by Gasteiger charge is -2.44. The van der Waals surface area contributed by atoms with Crippen molar-refractivity contribution in [2.24, 2.45) is 5.92 Å². The molecule has 164 valence electrons. The molecule has 0 bridgehead atoms. The van der Waals surface area contributed by atoms with Gasteiger partial charge < -0.3 is 24.8 Å². The molecule has 0 unspecified atom stereocenters. The van der Waals surface area contributed by atoms with Crippen molar-refractivity contribution in [1.82, 2.24) is 10.2 Å². The van der Waals surface area contributed by atoms with Gasteiger partial charge >= 0.3 is 0 Å². The highest BCUT2D eigenvalue weighted by molar-refractivity contribution is 6.31. The Morgan fingerprint density at radius 3 is 2.73 bits per heavy atom. The van der Waals surface area contributed by atoms with Crippen LogP contribution in [-0.2, 0) is 25.6 Å². The lowest BCUT2D eigenvalue weighted by molar-refractivity contribution is -0.170. The Morgan fingerprint density at radius 1 is 1.17 bits per heavy atom. The molecule has 0 spiro atoms. The molecule has 2 amide bonds. The molecule has 2 aliphatic heterocycles. The van der Waals surface area contributed by atoms with Gasteiger partial charge in [-0.15, -0.1) is 0 Å². The molecular weight excluding hydrogens is 408 g/mol. The van der Waals surface area contributed by atoms with Crippen LogP contribution in [0.3, 0.4) is 0 Å². The molecule has 3 fully saturated rings. The fourth-order valence-electron chi connectivity index (χ4n) is 4.27. The maximum absolute atomic E-state index is 12.8. The quantitative estimate of drug-likeness (QED) is 0.736. The molecule has 0 radical (unpaired) electrons. The minimum absolute atomic E-state index is 0.0894. The van der Waals surface area contributed by atoms with Crippen molar-refractivity contribution in [1.29, 1.82) is 0 Å². The highest BCUT2D eigenvalue weighted by Gasteiger charge is 2.43. The van der Waals surface area contributed by atoms with Gasteiger partial charge in [0.15, 0.2) is 0 Å². The fourth-order valence-corrected chi connectivity index (χ4v) is 4.48. The molecule has 3 aliphatic rings. The SMILES string of the molecule is O=C(C[C@@H]1CC[C@@H]2[C@H](COC[C@@H](O)CN2C(=O)C2CC2)O1)NCc1ccccc1Cl. The van der Waals surface area contributed by atoms with E-state index in [-0.39, 0.29) is 55.6 Å². The van der Waals surface area contributed by atoms with E-state index in [4.69, 9.17) is 21.1 Å². The van der Waals surface area contributed by atoms with Gasteiger partial charge in [-0.3, -0.25) is 9.59 Å². The van der Waals surface area contributed by atoms with Crippen LogP contribution >= 0.6 is 11.6 Å². The van der Waals surface area contributed by atoms with Crippen LogP contribution in [0.2, 0.25) is 5.02 Å². The number of hydrogen-bond acceptors (Lipinski definition) is 5. The van der Waals surface area contributed by atoms with E-state index in [1.165, 1.54) is 0 Å². The van der Waals surface area contributed by atoms with Gasteiger partial charge in [0.05, 0.1) is 37.9 Å². The molecule has 4 atom stereocenters. The molecule has 8 heteroatoms. The van der Waals surface area contributed by atoms with Crippen molar-refractivity contribution in [2.45, 2.75) is 63.0 Å². The maximum Gasteiger partial charge on any atom is 0.226 e. The highest BCUT2D eigenvalue weighted by Crippen LogP contribution is 2.35. The Bertz CT molecular complexity index is 772. The summed E-state index contributed by atoms with van der Waals surface area (Å²) in [7, 11) is 0. The lowest BCUT2D eigenvalue weighted by atomic mass is 9.94. The second-order valence-electron chi connectivity index (χ2n) is 8.47. The summed E-state index contributed by atoms with van der Waals surface area (Å²) in [5, 5.41) is 13.7. The molecule has 30 heavy (non-hydrogen) atoms. The largest absolute Gasteiger partial charge is 0.389 e. The summed E-state index contributed by atoms with van der Waals surface area (Å²) in [6, 6.07) is 7.31. The second kappa shape index (κ2) is 9.64. The predicted octanol–water partition coefficient (Wildman–Crippen LogP) is 1.89. The molecular formula is C22H29ClN2O5. The molecule has 1 aliphatic carbocycles. The van der Waals surface area contributed by atoms with Crippen molar-refractivity contribution < 1.29 is 24.2 Å². The summed E-state index contributed by atoms with van der Waals surface area (Å²) in [5.41, 5.74) is 0.873. The first-order valence-corrected chi connectivity index (χ1v) is 11.1. The van der Waals surface area contributed by atoms with Crippen LogP contribution in [0.25, 0.3) is 0 Å². The third-order valence-electron chi connectivity index (χ3n) is 6.04. The monoisotopic (exact) mass is 436 g/mol. The summed E-state index contributed by atoms with van der Waals surface area (Å²) >= 11 is 6.14. The fraction of sp³-hybridized carbons (Fsp3) is 0.636. The van der Waals surface area contributed by atoms with Gasteiger partial charge in [-0.25, -0.2) is 0 Å². The van der Waals surface area contributed by atoms with Crippen LogP contribution in [0, 0.1) is 5.92 Å². The van der Waals surface area contributed by atoms with Gasteiger partial charge in [0.2, 0.25) is 11.8 Å². The third kappa shape index (κ3) is 5.32. The number of fused-ring (bicyclic) bond motifs is 1. The summed E-state index contributed by atoms with van der Waals surface area (Å²) < 4.78 is 11.8. The highest BCUT2D eigenvalue weighted by atomic mass is 35.5. The van der Waals surface area contributed by atoms with Crippen LogP contribution in [0.15, 0.2) is 24.3 Å². The zero-order valence-corrected chi connectivity index (χ0v) is 17.7. The van der Waals surface area contributed by atoms with Crippen molar-refractivity contribution in [3.8, 4) is 0 Å². The molecule has 0 aromatic heterocycles. The number of carbonyl (C=O) groups is 2.